The van der Waals surface area contributed by atoms with Gasteiger partial charge in [-0.15, -0.1) is 0 Å². The van der Waals surface area contributed by atoms with Crippen molar-refractivity contribution < 1.29 is 14.4 Å². The fraction of sp³-hybridized carbons (Fsp3) is 0.192. The molecule has 0 saturated heterocycles. The third-order valence-electron chi connectivity index (χ3n) is 5.57. The summed E-state index contributed by atoms with van der Waals surface area (Å²) < 4.78 is 0. The van der Waals surface area contributed by atoms with E-state index < -0.39 is 0 Å². The van der Waals surface area contributed by atoms with Crippen LogP contribution < -0.4 is 15.1 Å². The molecule has 1 N–H and O–H groups in total. The van der Waals surface area contributed by atoms with Gasteiger partial charge in [-0.3, -0.25) is 14.4 Å². The van der Waals surface area contributed by atoms with Crippen LogP contribution in [0.2, 0.25) is 0 Å². The van der Waals surface area contributed by atoms with E-state index in [-0.39, 0.29) is 17.7 Å². The molecule has 0 atom stereocenters. The molecule has 32 heavy (non-hydrogen) atoms. The molecule has 0 radical (unpaired) electrons. The summed E-state index contributed by atoms with van der Waals surface area (Å²) in [6, 6.07) is 20.9. The number of carbonyl (C=O) groups excluding carboxylic acids is 3. The zero-order chi connectivity index (χ0) is 22.7. The summed E-state index contributed by atoms with van der Waals surface area (Å²) in [6.45, 7) is 3.12. The lowest BCUT2D eigenvalue weighted by molar-refractivity contribution is 0.0925. The molecule has 3 amide bonds. The minimum absolute atomic E-state index is 0.257. The van der Waals surface area contributed by atoms with Crippen molar-refractivity contribution in [3.8, 4) is 0 Å². The molecule has 3 aromatic rings. The Balaban J connectivity index is 1.48. The Kier molecular flexibility index (Phi) is 6.03. The van der Waals surface area contributed by atoms with Crippen molar-refractivity contribution in [3.05, 3.63) is 89.5 Å². The second-order valence-electron chi connectivity index (χ2n) is 7.82. The first-order valence-electron chi connectivity index (χ1n) is 10.7. The average molecular weight is 428 g/mol. The van der Waals surface area contributed by atoms with Crippen LogP contribution in [0.3, 0.4) is 0 Å². The van der Waals surface area contributed by atoms with Crippen LogP contribution in [0.4, 0.5) is 17.1 Å². The van der Waals surface area contributed by atoms with E-state index in [9.17, 15) is 14.4 Å². The molecule has 0 aliphatic carbocycles. The number of nitrogens with one attached hydrogen (secondary N) is 1. The van der Waals surface area contributed by atoms with Crippen molar-refractivity contribution in [2.24, 2.45) is 0 Å². The Morgan fingerprint density at radius 2 is 1.56 bits per heavy atom. The highest BCUT2D eigenvalue weighted by molar-refractivity contribution is 6.34. The van der Waals surface area contributed by atoms with Gasteiger partial charge in [0.05, 0.1) is 16.8 Å². The van der Waals surface area contributed by atoms with E-state index in [1.807, 2.05) is 19.2 Å². The maximum absolute atomic E-state index is 12.7. The van der Waals surface area contributed by atoms with Gasteiger partial charge in [0.25, 0.3) is 17.7 Å². The quantitative estimate of drug-likeness (QED) is 0.540. The summed E-state index contributed by atoms with van der Waals surface area (Å²) in [6.07, 6.45) is 2.24. The van der Waals surface area contributed by atoms with Crippen LogP contribution in [-0.2, 0) is 0 Å². The number of nitrogens with zero attached hydrogens (tertiary/aromatic N) is 2. The Morgan fingerprint density at radius 3 is 2.19 bits per heavy atom. The number of amides is 3. The van der Waals surface area contributed by atoms with Crippen molar-refractivity contribution in [1.82, 2.24) is 0 Å². The maximum atomic E-state index is 12.7. The van der Waals surface area contributed by atoms with Crippen LogP contribution in [-0.4, -0.2) is 31.3 Å². The third kappa shape index (κ3) is 4.12. The fourth-order valence-electron chi connectivity index (χ4n) is 3.74. The van der Waals surface area contributed by atoms with E-state index >= 15 is 0 Å². The number of hydrogen-bond acceptors (Lipinski definition) is 4. The summed E-state index contributed by atoms with van der Waals surface area (Å²) in [4.78, 5) is 41.5. The highest BCUT2D eigenvalue weighted by Crippen LogP contribution is 2.30. The monoisotopic (exact) mass is 427 g/mol. The van der Waals surface area contributed by atoms with Gasteiger partial charge >= 0.3 is 0 Å². The van der Waals surface area contributed by atoms with E-state index in [0.717, 1.165) is 30.0 Å². The van der Waals surface area contributed by atoms with E-state index in [4.69, 9.17) is 0 Å². The van der Waals surface area contributed by atoms with Gasteiger partial charge in [0, 0.05) is 30.5 Å². The molecule has 0 spiro atoms. The fourth-order valence-corrected chi connectivity index (χ4v) is 3.74. The molecule has 1 heterocycles. The Morgan fingerprint density at radius 1 is 0.906 bits per heavy atom. The number of unbranched alkanes of at least 4 members (excludes halogenated alkanes) is 1. The number of imide groups is 1. The Hall–Kier alpha value is -3.93. The molecule has 0 unspecified atom stereocenters. The van der Waals surface area contributed by atoms with Gasteiger partial charge in [-0.25, -0.2) is 4.90 Å². The summed E-state index contributed by atoms with van der Waals surface area (Å²) in [5.74, 6) is -0.985. The number of carbonyl (C=O) groups is 3. The smallest absolute Gasteiger partial charge is 0.266 e. The second-order valence-corrected chi connectivity index (χ2v) is 7.82. The molecule has 0 saturated carbocycles. The van der Waals surface area contributed by atoms with Crippen LogP contribution in [0.5, 0.6) is 0 Å². The van der Waals surface area contributed by atoms with Crippen LogP contribution in [0.1, 0.15) is 50.8 Å². The largest absolute Gasteiger partial charge is 0.375 e. The molecule has 162 valence electrons. The van der Waals surface area contributed by atoms with Crippen molar-refractivity contribution in [2.45, 2.75) is 19.8 Å². The van der Waals surface area contributed by atoms with Crippen LogP contribution >= 0.6 is 0 Å². The molecule has 3 aromatic carbocycles. The molecule has 4 rings (SSSR count). The summed E-state index contributed by atoms with van der Waals surface area (Å²) in [7, 11) is 2.04. The molecular weight excluding hydrogens is 402 g/mol. The van der Waals surface area contributed by atoms with Crippen LogP contribution in [0.15, 0.2) is 72.8 Å². The SMILES string of the molecule is CCCCN(C)c1ccc(C(=O)Nc2cccc(N3C(=O)c4ccccc4C3=O)c2)cc1. The minimum atomic E-state index is -0.364. The number of anilines is 3. The average Bonchev–Trinajstić information content (AvgIpc) is 3.08. The lowest BCUT2D eigenvalue weighted by Gasteiger charge is -2.19. The minimum Gasteiger partial charge on any atom is -0.375 e. The number of hydrogen-bond donors (Lipinski definition) is 1. The highest BCUT2D eigenvalue weighted by Gasteiger charge is 2.36. The molecule has 1 aliphatic heterocycles. The lowest BCUT2D eigenvalue weighted by Crippen LogP contribution is -2.29. The topological polar surface area (TPSA) is 69.7 Å². The molecule has 0 fully saturated rings. The third-order valence-corrected chi connectivity index (χ3v) is 5.57. The highest BCUT2D eigenvalue weighted by atomic mass is 16.2. The first-order chi connectivity index (χ1) is 15.5. The Labute approximate surface area is 187 Å². The lowest BCUT2D eigenvalue weighted by atomic mass is 10.1. The van der Waals surface area contributed by atoms with Crippen molar-refractivity contribution in [2.75, 3.05) is 28.7 Å². The van der Waals surface area contributed by atoms with Crippen molar-refractivity contribution in [3.63, 3.8) is 0 Å². The summed E-state index contributed by atoms with van der Waals surface area (Å²) in [5.41, 5.74) is 3.29. The predicted molar refractivity (Wildman–Crippen MR) is 127 cm³/mol. The number of rotatable bonds is 7. The zero-order valence-corrected chi connectivity index (χ0v) is 18.2. The van der Waals surface area contributed by atoms with Gasteiger partial charge in [0.15, 0.2) is 0 Å². The Bertz CT molecular complexity index is 1140. The molecule has 0 bridgehead atoms. The van der Waals surface area contributed by atoms with Crippen LogP contribution in [0, 0.1) is 0 Å². The molecule has 6 nitrogen and oxygen atoms in total. The van der Waals surface area contributed by atoms with E-state index in [2.05, 4.69) is 17.1 Å². The molecule has 0 aromatic heterocycles. The van der Waals surface area contributed by atoms with E-state index in [0.29, 0.717) is 28.1 Å². The standard InChI is InChI=1S/C26H25N3O3/c1-3-4-16-28(2)20-14-12-18(13-15-20)24(30)27-19-8-7-9-21(17-19)29-25(31)22-10-5-6-11-23(22)26(29)32/h5-15,17H,3-4,16H2,1-2H3,(H,27,30). The normalized spacial score (nSPS) is 12.6. The van der Waals surface area contributed by atoms with Gasteiger partial charge in [0.2, 0.25) is 0 Å². The van der Waals surface area contributed by atoms with Gasteiger partial charge in [0.1, 0.15) is 0 Å². The molecule has 1 aliphatic rings. The summed E-state index contributed by atoms with van der Waals surface area (Å²) in [5, 5.41) is 2.85. The number of fused-ring (bicyclic) bond motifs is 1. The molecular formula is C26H25N3O3. The van der Waals surface area contributed by atoms with E-state index in [1.165, 1.54) is 0 Å². The predicted octanol–water partition coefficient (Wildman–Crippen LogP) is 4.98. The molecule has 6 heteroatoms. The summed E-state index contributed by atoms with van der Waals surface area (Å²) >= 11 is 0. The second kappa shape index (κ2) is 9.06. The van der Waals surface area contributed by atoms with Crippen molar-refractivity contribution >= 4 is 34.8 Å². The van der Waals surface area contributed by atoms with E-state index in [1.54, 1.807) is 60.7 Å². The van der Waals surface area contributed by atoms with Gasteiger partial charge in [-0.2, -0.15) is 0 Å². The zero-order valence-electron chi connectivity index (χ0n) is 18.2. The first-order valence-corrected chi connectivity index (χ1v) is 10.7. The number of benzene rings is 3. The van der Waals surface area contributed by atoms with Gasteiger partial charge in [-0.05, 0) is 61.0 Å². The van der Waals surface area contributed by atoms with Gasteiger partial charge < -0.3 is 10.2 Å². The van der Waals surface area contributed by atoms with Crippen molar-refractivity contribution in [1.29, 1.82) is 0 Å². The van der Waals surface area contributed by atoms with Gasteiger partial charge in [-0.1, -0.05) is 31.5 Å². The van der Waals surface area contributed by atoms with Crippen LogP contribution in [0.25, 0.3) is 0 Å². The maximum Gasteiger partial charge on any atom is 0.266 e. The first kappa shape index (κ1) is 21.3.